The maximum absolute atomic E-state index is 13.6. The van der Waals surface area contributed by atoms with E-state index in [4.69, 9.17) is 16.3 Å². The lowest BCUT2D eigenvalue weighted by molar-refractivity contribution is -0.154. The van der Waals surface area contributed by atoms with E-state index < -0.39 is 47.9 Å². The van der Waals surface area contributed by atoms with Crippen molar-refractivity contribution >= 4 is 57.0 Å². The molecular formula is C31H26BrClN2O6. The molecule has 0 N–H and O–H groups in total. The summed E-state index contributed by atoms with van der Waals surface area (Å²) in [6.45, 7) is 1.50. The highest BCUT2D eigenvalue weighted by molar-refractivity contribution is 9.10. The molecule has 1 saturated heterocycles. The number of ketones is 1. The molecule has 1 aliphatic carbocycles. The molecule has 41 heavy (non-hydrogen) atoms. The van der Waals surface area contributed by atoms with Crippen molar-refractivity contribution in [2.75, 3.05) is 6.54 Å². The van der Waals surface area contributed by atoms with Crippen molar-refractivity contribution in [2.24, 2.45) is 17.8 Å². The SMILES string of the molecule is C[C@@H]1CC[C@H]2C(=O)N(N(CC(=O)c3ccc(OC(=O)c4ccc(Br)cc4)cc3)C(=O)c3ccc(Cl)cc3)C(=O)[C@@H]2C1. The summed E-state index contributed by atoms with van der Waals surface area (Å²) in [6.07, 6.45) is 1.93. The number of Topliss-reactive ketones (excluding diaryl/α,β-unsaturated/α-hetero) is 1. The first-order valence-electron chi connectivity index (χ1n) is 13.2. The predicted octanol–water partition coefficient (Wildman–Crippen LogP) is 5.98. The summed E-state index contributed by atoms with van der Waals surface area (Å²) in [7, 11) is 0. The lowest BCUT2D eigenvalue weighted by Crippen LogP contribution is -2.52. The van der Waals surface area contributed by atoms with Crippen LogP contribution in [0, 0.1) is 17.8 Å². The molecule has 0 bridgehead atoms. The highest BCUT2D eigenvalue weighted by atomic mass is 79.9. The van der Waals surface area contributed by atoms with Gasteiger partial charge in [0.05, 0.1) is 17.4 Å². The van der Waals surface area contributed by atoms with Crippen LogP contribution in [0.25, 0.3) is 0 Å². The maximum atomic E-state index is 13.6. The maximum Gasteiger partial charge on any atom is 0.343 e. The molecule has 210 valence electrons. The Morgan fingerprint density at radius 1 is 0.854 bits per heavy atom. The van der Waals surface area contributed by atoms with E-state index in [0.29, 0.717) is 23.4 Å². The zero-order valence-electron chi connectivity index (χ0n) is 22.1. The van der Waals surface area contributed by atoms with E-state index in [1.165, 1.54) is 48.5 Å². The van der Waals surface area contributed by atoms with Crippen molar-refractivity contribution in [2.45, 2.75) is 26.2 Å². The third kappa shape index (κ3) is 6.11. The first-order chi connectivity index (χ1) is 19.6. The highest BCUT2D eigenvalue weighted by Gasteiger charge is 2.52. The number of hydrogen-bond acceptors (Lipinski definition) is 6. The van der Waals surface area contributed by atoms with Gasteiger partial charge in [-0.05, 0) is 98.0 Å². The summed E-state index contributed by atoms with van der Waals surface area (Å²) in [5.74, 6) is -3.15. The van der Waals surface area contributed by atoms with Gasteiger partial charge in [-0.25, -0.2) is 9.80 Å². The van der Waals surface area contributed by atoms with E-state index in [-0.39, 0.29) is 22.8 Å². The fraction of sp³-hybridized carbons (Fsp3) is 0.258. The van der Waals surface area contributed by atoms with Gasteiger partial charge >= 0.3 is 5.97 Å². The van der Waals surface area contributed by atoms with Crippen molar-refractivity contribution in [1.29, 1.82) is 0 Å². The molecule has 2 fully saturated rings. The topological polar surface area (TPSA) is 101 Å². The average Bonchev–Trinajstić information content (AvgIpc) is 3.20. The van der Waals surface area contributed by atoms with Crippen molar-refractivity contribution < 1.29 is 28.7 Å². The van der Waals surface area contributed by atoms with Crippen LogP contribution in [0.4, 0.5) is 0 Å². The molecule has 3 aromatic rings. The number of carbonyl (C=O) groups is 5. The van der Waals surface area contributed by atoms with Gasteiger partial charge in [0.1, 0.15) is 12.3 Å². The number of esters is 1. The molecular weight excluding hydrogens is 612 g/mol. The number of benzene rings is 3. The van der Waals surface area contributed by atoms with Gasteiger partial charge in [-0.1, -0.05) is 34.5 Å². The highest BCUT2D eigenvalue weighted by Crippen LogP contribution is 2.41. The molecule has 10 heteroatoms. The van der Waals surface area contributed by atoms with Crippen LogP contribution in [0.2, 0.25) is 5.02 Å². The van der Waals surface area contributed by atoms with Crippen molar-refractivity contribution in [3.05, 3.63) is 99.0 Å². The summed E-state index contributed by atoms with van der Waals surface area (Å²) < 4.78 is 6.22. The Bertz CT molecular complexity index is 1510. The van der Waals surface area contributed by atoms with Crippen LogP contribution in [-0.2, 0) is 9.59 Å². The molecule has 0 aromatic heterocycles. The number of carbonyl (C=O) groups excluding carboxylic acids is 5. The Kier molecular flexibility index (Phi) is 8.37. The van der Waals surface area contributed by atoms with Gasteiger partial charge in [0.15, 0.2) is 5.78 Å². The Balaban J connectivity index is 1.37. The number of fused-ring (bicyclic) bond motifs is 1. The summed E-state index contributed by atoms with van der Waals surface area (Å²) in [6, 6.07) is 18.6. The number of halogens is 2. The lowest BCUT2D eigenvalue weighted by atomic mass is 9.76. The molecule has 5 rings (SSSR count). The second-order valence-electron chi connectivity index (χ2n) is 10.3. The summed E-state index contributed by atoms with van der Waals surface area (Å²) in [5.41, 5.74) is 0.758. The molecule has 8 nitrogen and oxygen atoms in total. The normalized spacial score (nSPS) is 20.0. The zero-order chi connectivity index (χ0) is 29.3. The monoisotopic (exact) mass is 636 g/mol. The molecule has 3 amide bonds. The van der Waals surface area contributed by atoms with Crippen LogP contribution in [0.15, 0.2) is 77.3 Å². The Hall–Kier alpha value is -3.82. The number of nitrogens with zero attached hydrogens (tertiary/aromatic N) is 2. The van der Waals surface area contributed by atoms with Gasteiger partial charge < -0.3 is 4.74 Å². The molecule has 0 spiro atoms. The average molecular weight is 638 g/mol. The smallest absolute Gasteiger partial charge is 0.343 e. The molecule has 1 aliphatic heterocycles. The Labute approximate surface area is 250 Å². The molecule has 2 aliphatic rings. The minimum absolute atomic E-state index is 0.182. The van der Waals surface area contributed by atoms with Gasteiger partial charge in [-0.2, -0.15) is 5.01 Å². The fourth-order valence-corrected chi connectivity index (χ4v) is 5.66. The number of ether oxygens (including phenoxy) is 1. The number of imide groups is 1. The summed E-state index contributed by atoms with van der Waals surface area (Å²) >= 11 is 9.30. The second-order valence-corrected chi connectivity index (χ2v) is 11.7. The van der Waals surface area contributed by atoms with E-state index in [0.717, 1.165) is 20.9 Å². The van der Waals surface area contributed by atoms with Gasteiger partial charge in [0.25, 0.3) is 17.7 Å². The number of hydrazine groups is 1. The van der Waals surface area contributed by atoms with Crippen molar-refractivity contribution in [1.82, 2.24) is 10.0 Å². The molecule has 0 unspecified atom stereocenters. The first-order valence-corrected chi connectivity index (χ1v) is 14.4. The second kappa shape index (κ2) is 12.0. The minimum Gasteiger partial charge on any atom is -0.423 e. The lowest BCUT2D eigenvalue weighted by Gasteiger charge is -2.30. The van der Waals surface area contributed by atoms with Crippen LogP contribution in [0.3, 0.4) is 0 Å². The third-order valence-electron chi connectivity index (χ3n) is 7.49. The van der Waals surface area contributed by atoms with E-state index >= 15 is 0 Å². The van der Waals surface area contributed by atoms with Crippen LogP contribution < -0.4 is 4.74 Å². The van der Waals surface area contributed by atoms with Crippen LogP contribution >= 0.6 is 27.5 Å². The Morgan fingerprint density at radius 2 is 1.44 bits per heavy atom. The molecule has 3 atom stereocenters. The minimum atomic E-state index is -0.663. The number of rotatable bonds is 7. The van der Waals surface area contributed by atoms with Gasteiger partial charge in [-0.15, -0.1) is 0 Å². The number of hydrogen-bond donors (Lipinski definition) is 0. The van der Waals surface area contributed by atoms with Gasteiger partial charge in [0, 0.05) is 20.6 Å². The van der Waals surface area contributed by atoms with E-state index in [1.807, 2.05) is 6.92 Å². The standard InChI is InChI=1S/C31H26BrClN2O6/c1-18-2-15-25-26(16-18)30(39)35(29(25)38)34(28(37)20-5-11-23(33)12-6-20)17-27(36)19-7-13-24(14-8-19)41-31(40)21-3-9-22(32)10-4-21/h3-14,18,25-26H,2,15-17H2,1H3/t18-,25-,26-/m1/s1. The first kappa shape index (κ1) is 28.7. The Morgan fingerprint density at radius 3 is 2.10 bits per heavy atom. The predicted molar refractivity (Wildman–Crippen MR) is 154 cm³/mol. The van der Waals surface area contributed by atoms with Crippen LogP contribution in [0.5, 0.6) is 5.75 Å². The van der Waals surface area contributed by atoms with Gasteiger partial charge in [0.2, 0.25) is 0 Å². The van der Waals surface area contributed by atoms with Crippen LogP contribution in [-0.4, -0.2) is 46.0 Å². The third-order valence-corrected chi connectivity index (χ3v) is 8.27. The molecule has 1 heterocycles. The molecule has 3 aromatic carbocycles. The number of amides is 3. The molecule has 1 saturated carbocycles. The van der Waals surface area contributed by atoms with E-state index in [9.17, 15) is 24.0 Å². The van der Waals surface area contributed by atoms with E-state index in [1.54, 1.807) is 24.3 Å². The van der Waals surface area contributed by atoms with Crippen molar-refractivity contribution in [3.8, 4) is 5.75 Å². The summed E-state index contributed by atoms with van der Waals surface area (Å²) in [4.78, 5) is 66.3. The fourth-order valence-electron chi connectivity index (χ4n) is 5.27. The van der Waals surface area contributed by atoms with Crippen LogP contribution in [0.1, 0.15) is 57.3 Å². The largest absolute Gasteiger partial charge is 0.423 e. The van der Waals surface area contributed by atoms with E-state index in [2.05, 4.69) is 15.9 Å². The molecule has 0 radical (unpaired) electrons. The summed E-state index contributed by atoms with van der Waals surface area (Å²) in [5, 5.41) is 2.23. The zero-order valence-corrected chi connectivity index (χ0v) is 24.4. The van der Waals surface area contributed by atoms with Gasteiger partial charge in [-0.3, -0.25) is 19.2 Å². The van der Waals surface area contributed by atoms with Crippen molar-refractivity contribution in [3.63, 3.8) is 0 Å². The quantitative estimate of drug-likeness (QED) is 0.137.